The highest BCUT2D eigenvalue weighted by molar-refractivity contribution is 6.30. The SMILES string of the molecule is O=C(O)CCNc1ccc(Cl)cc1[N+](=O)[O-].O=C(O)c1ccccc1N=C1CCCCC1. The van der Waals surface area contributed by atoms with Gasteiger partial charge in [0.05, 0.1) is 22.6 Å². The molecule has 1 saturated carbocycles. The normalized spacial score (nSPS) is 12.8. The van der Waals surface area contributed by atoms with E-state index in [1.165, 1.54) is 37.5 Å². The van der Waals surface area contributed by atoms with Crippen LogP contribution in [-0.4, -0.2) is 39.3 Å². The van der Waals surface area contributed by atoms with Crippen molar-refractivity contribution < 1.29 is 24.7 Å². The lowest BCUT2D eigenvalue weighted by Gasteiger charge is -2.12. The van der Waals surface area contributed by atoms with E-state index < -0.39 is 16.9 Å². The van der Waals surface area contributed by atoms with E-state index in [-0.39, 0.29) is 29.4 Å². The number of anilines is 1. The second kappa shape index (κ2) is 12.4. The number of halogens is 1. The first-order valence-corrected chi connectivity index (χ1v) is 10.4. The van der Waals surface area contributed by atoms with Crippen molar-refractivity contribution in [3.63, 3.8) is 0 Å². The van der Waals surface area contributed by atoms with Crippen molar-refractivity contribution in [2.75, 3.05) is 11.9 Å². The molecule has 0 saturated heterocycles. The average Bonchev–Trinajstić information content (AvgIpc) is 2.76. The smallest absolute Gasteiger partial charge is 0.337 e. The summed E-state index contributed by atoms with van der Waals surface area (Å²) in [4.78, 5) is 35.8. The van der Waals surface area contributed by atoms with Crippen molar-refractivity contribution in [3.05, 3.63) is 63.2 Å². The number of carbonyl (C=O) groups is 2. The van der Waals surface area contributed by atoms with Crippen LogP contribution in [0.25, 0.3) is 0 Å². The van der Waals surface area contributed by atoms with Gasteiger partial charge >= 0.3 is 11.9 Å². The van der Waals surface area contributed by atoms with Gasteiger partial charge in [0, 0.05) is 23.3 Å². The molecule has 0 aromatic heterocycles. The number of aliphatic carboxylic acids is 1. The van der Waals surface area contributed by atoms with E-state index in [1.807, 2.05) is 6.07 Å². The molecule has 1 aliphatic rings. The van der Waals surface area contributed by atoms with Gasteiger partial charge in [-0.1, -0.05) is 30.2 Å². The first kappa shape index (κ1) is 24.8. The predicted molar refractivity (Wildman–Crippen MR) is 122 cm³/mol. The number of nitrogens with one attached hydrogen (secondary N) is 1. The summed E-state index contributed by atoms with van der Waals surface area (Å²) in [6, 6.07) is 11.1. The third-order valence-corrected chi connectivity index (χ3v) is 4.89. The van der Waals surface area contributed by atoms with Crippen LogP contribution in [0.2, 0.25) is 5.02 Å². The van der Waals surface area contributed by atoms with Crippen molar-refractivity contribution in [2.24, 2.45) is 4.99 Å². The van der Waals surface area contributed by atoms with E-state index in [4.69, 9.17) is 21.8 Å². The number of rotatable bonds is 7. The molecule has 1 fully saturated rings. The predicted octanol–water partition coefficient (Wildman–Crippen LogP) is 5.56. The molecule has 0 unspecified atom stereocenters. The fourth-order valence-electron chi connectivity index (χ4n) is 3.10. The number of aromatic carboxylic acids is 1. The van der Waals surface area contributed by atoms with Crippen LogP contribution in [0, 0.1) is 10.1 Å². The number of hydrogen-bond acceptors (Lipinski definition) is 6. The number of para-hydroxylation sites is 1. The fraction of sp³-hybridized carbons (Fsp3) is 0.318. The monoisotopic (exact) mass is 461 g/mol. The molecule has 0 amide bonds. The van der Waals surface area contributed by atoms with Crippen molar-refractivity contribution >= 4 is 46.3 Å². The zero-order valence-corrected chi connectivity index (χ0v) is 18.0. The summed E-state index contributed by atoms with van der Waals surface area (Å²) in [6.07, 6.45) is 5.52. The molecule has 170 valence electrons. The number of carboxylic acids is 2. The molecule has 0 spiro atoms. The van der Waals surface area contributed by atoms with Crippen LogP contribution < -0.4 is 5.32 Å². The molecule has 1 aliphatic carbocycles. The summed E-state index contributed by atoms with van der Waals surface area (Å²) in [7, 11) is 0. The third-order valence-electron chi connectivity index (χ3n) is 4.65. The van der Waals surface area contributed by atoms with Crippen molar-refractivity contribution in [1.29, 1.82) is 0 Å². The van der Waals surface area contributed by atoms with Gasteiger partial charge in [0.2, 0.25) is 0 Å². The van der Waals surface area contributed by atoms with Crippen LogP contribution in [0.5, 0.6) is 0 Å². The lowest BCUT2D eigenvalue weighted by Crippen LogP contribution is -2.08. The minimum absolute atomic E-state index is 0.111. The highest BCUT2D eigenvalue weighted by atomic mass is 35.5. The first-order chi connectivity index (χ1) is 15.3. The Morgan fingerprint density at radius 2 is 1.78 bits per heavy atom. The zero-order valence-electron chi connectivity index (χ0n) is 17.3. The molecule has 3 N–H and O–H groups in total. The van der Waals surface area contributed by atoms with Gasteiger partial charge in [-0.3, -0.25) is 19.9 Å². The van der Waals surface area contributed by atoms with Gasteiger partial charge in [0.1, 0.15) is 5.69 Å². The summed E-state index contributed by atoms with van der Waals surface area (Å²) in [5.74, 6) is -1.88. The second-order valence-electron chi connectivity index (χ2n) is 7.05. The summed E-state index contributed by atoms with van der Waals surface area (Å²) >= 11 is 5.62. The Morgan fingerprint density at radius 1 is 1.09 bits per heavy atom. The van der Waals surface area contributed by atoms with Crippen LogP contribution in [0.15, 0.2) is 47.5 Å². The second-order valence-corrected chi connectivity index (χ2v) is 7.49. The molecule has 9 nitrogen and oxygen atoms in total. The minimum Gasteiger partial charge on any atom is -0.481 e. The Morgan fingerprint density at radius 3 is 2.41 bits per heavy atom. The lowest BCUT2D eigenvalue weighted by atomic mass is 9.98. The maximum atomic E-state index is 11.0. The Bertz CT molecular complexity index is 1000. The molecule has 2 aromatic carbocycles. The van der Waals surface area contributed by atoms with E-state index >= 15 is 0 Å². The van der Waals surface area contributed by atoms with E-state index in [1.54, 1.807) is 18.2 Å². The third kappa shape index (κ3) is 7.99. The molecule has 0 atom stereocenters. The van der Waals surface area contributed by atoms with E-state index in [0.29, 0.717) is 11.3 Å². The van der Waals surface area contributed by atoms with Crippen LogP contribution in [0.4, 0.5) is 17.1 Å². The van der Waals surface area contributed by atoms with Crippen molar-refractivity contribution in [1.82, 2.24) is 0 Å². The van der Waals surface area contributed by atoms with Gasteiger partial charge in [0.25, 0.3) is 5.69 Å². The van der Waals surface area contributed by atoms with Crippen LogP contribution in [0.3, 0.4) is 0 Å². The number of hydrogen-bond donors (Lipinski definition) is 3. The van der Waals surface area contributed by atoms with Crippen LogP contribution in [0.1, 0.15) is 48.9 Å². The number of benzene rings is 2. The topological polar surface area (TPSA) is 142 Å². The summed E-state index contributed by atoms with van der Waals surface area (Å²) in [5, 5.41) is 31.0. The number of nitrogens with zero attached hydrogens (tertiary/aromatic N) is 2. The van der Waals surface area contributed by atoms with E-state index in [2.05, 4.69) is 10.3 Å². The average molecular weight is 462 g/mol. The first-order valence-electron chi connectivity index (χ1n) is 10.1. The highest BCUT2D eigenvalue weighted by Gasteiger charge is 2.14. The van der Waals surface area contributed by atoms with Crippen molar-refractivity contribution in [2.45, 2.75) is 38.5 Å². The molecule has 0 radical (unpaired) electrons. The van der Waals surface area contributed by atoms with Crippen LogP contribution in [-0.2, 0) is 4.79 Å². The number of aliphatic imine (C=N–C) groups is 1. The summed E-state index contributed by atoms with van der Waals surface area (Å²) < 4.78 is 0. The van der Waals surface area contributed by atoms with Crippen molar-refractivity contribution in [3.8, 4) is 0 Å². The molecular weight excluding hydrogens is 438 g/mol. The number of nitro benzene ring substituents is 1. The Hall–Kier alpha value is -3.46. The minimum atomic E-state index is -0.968. The van der Waals surface area contributed by atoms with Gasteiger partial charge in [-0.15, -0.1) is 0 Å². The Kier molecular flexibility index (Phi) is 9.62. The fourth-order valence-corrected chi connectivity index (χ4v) is 3.27. The molecule has 32 heavy (non-hydrogen) atoms. The maximum absolute atomic E-state index is 11.0. The largest absolute Gasteiger partial charge is 0.481 e. The molecule has 0 heterocycles. The van der Waals surface area contributed by atoms with Gasteiger partial charge < -0.3 is 15.5 Å². The van der Waals surface area contributed by atoms with Gasteiger partial charge in [-0.25, -0.2) is 4.79 Å². The summed E-state index contributed by atoms with van der Waals surface area (Å²) in [5.41, 5.74) is 2.11. The Labute approximate surface area is 189 Å². The Balaban J connectivity index is 0.000000227. The van der Waals surface area contributed by atoms with Gasteiger partial charge in [-0.2, -0.15) is 0 Å². The molecule has 3 rings (SSSR count). The zero-order chi connectivity index (χ0) is 23.5. The highest BCUT2D eigenvalue weighted by Crippen LogP contribution is 2.27. The molecule has 0 bridgehead atoms. The van der Waals surface area contributed by atoms with Crippen LogP contribution >= 0.6 is 11.6 Å². The standard InChI is InChI=1S/C13H15NO2.C9H9ClN2O4/c15-13(16)11-8-4-5-9-12(11)14-10-6-2-1-3-7-10;10-6-1-2-7(8(5-6)12(15)16)11-4-3-9(13)14/h4-5,8-9H,1-3,6-7H2,(H,15,16);1-2,5,11H,3-4H2,(H,13,14). The number of carboxylic acid groups (broad SMARTS) is 2. The number of nitro groups is 1. The molecular formula is C22H24ClN3O6. The van der Waals surface area contributed by atoms with Gasteiger partial charge in [0.15, 0.2) is 0 Å². The molecule has 10 heteroatoms. The summed E-state index contributed by atoms with van der Waals surface area (Å²) in [6.45, 7) is 0.123. The van der Waals surface area contributed by atoms with E-state index in [9.17, 15) is 19.7 Å². The quantitative estimate of drug-likeness (QED) is 0.362. The molecule has 0 aliphatic heterocycles. The lowest BCUT2D eigenvalue weighted by molar-refractivity contribution is -0.383. The van der Waals surface area contributed by atoms with Gasteiger partial charge in [-0.05, 0) is 49.9 Å². The molecule has 2 aromatic rings. The van der Waals surface area contributed by atoms with E-state index in [0.717, 1.165) is 18.6 Å². The maximum Gasteiger partial charge on any atom is 0.337 e.